The van der Waals surface area contributed by atoms with Crippen LogP contribution in [0, 0.1) is 0 Å². The number of hydrogen-bond donors (Lipinski definition) is 2. The van der Waals surface area contributed by atoms with Crippen LogP contribution in [-0.2, 0) is 32.7 Å². The van der Waals surface area contributed by atoms with Gasteiger partial charge in [0.1, 0.15) is 6.61 Å². The van der Waals surface area contributed by atoms with E-state index in [0.717, 1.165) is 70.6 Å². The summed E-state index contributed by atoms with van der Waals surface area (Å²) in [6.07, 6.45) is 59.8. The summed E-state index contributed by atoms with van der Waals surface area (Å²) in [6.45, 7) is 3.64. The van der Waals surface area contributed by atoms with Crippen LogP contribution in [0.3, 0.4) is 0 Å². The van der Waals surface area contributed by atoms with E-state index in [-0.39, 0.29) is 38.6 Å². The molecule has 3 N–H and O–H groups in total. The number of carbonyl (C=O) groups is 2. The smallest absolute Gasteiger partial charge is 0.462 e. The normalized spacial score (nSPS) is 13.7. The molecule has 0 spiro atoms. The predicted molar refractivity (Wildman–Crippen MR) is 266 cm³/mol. The fourth-order valence-electron chi connectivity index (χ4n) is 7.13. The Balaban J connectivity index is 3.97. The lowest BCUT2D eigenvalue weighted by molar-refractivity contribution is -0.161. The molecule has 63 heavy (non-hydrogen) atoms. The highest BCUT2D eigenvalue weighted by molar-refractivity contribution is 7.47. The molecule has 0 bridgehead atoms. The van der Waals surface area contributed by atoms with Crippen LogP contribution in [0.4, 0.5) is 0 Å². The second-order valence-corrected chi connectivity index (χ2v) is 18.5. The highest BCUT2D eigenvalue weighted by Gasteiger charge is 2.26. The van der Waals surface area contributed by atoms with E-state index in [1.807, 2.05) is 0 Å². The number of ether oxygens (including phenoxy) is 2. The summed E-state index contributed by atoms with van der Waals surface area (Å²) >= 11 is 0. The Kier molecular flexibility index (Phi) is 47.4. The Bertz CT molecular complexity index is 1220. The van der Waals surface area contributed by atoms with Gasteiger partial charge in [0.15, 0.2) is 6.10 Å². The molecule has 0 aromatic rings. The van der Waals surface area contributed by atoms with Gasteiger partial charge in [0.2, 0.25) is 0 Å². The van der Waals surface area contributed by atoms with Crippen molar-refractivity contribution in [2.75, 3.05) is 26.4 Å². The first-order valence-electron chi connectivity index (χ1n) is 25.8. The fraction of sp³-hybridized carbons (Fsp3) is 0.774. The van der Waals surface area contributed by atoms with Gasteiger partial charge >= 0.3 is 19.8 Å². The van der Waals surface area contributed by atoms with E-state index in [9.17, 15) is 19.0 Å². The summed E-state index contributed by atoms with van der Waals surface area (Å²) in [5.41, 5.74) is 5.36. The van der Waals surface area contributed by atoms with Crippen LogP contribution in [0.1, 0.15) is 232 Å². The number of phosphoric acid groups is 1. The van der Waals surface area contributed by atoms with Gasteiger partial charge in [-0.2, -0.15) is 0 Å². The van der Waals surface area contributed by atoms with Gasteiger partial charge in [-0.05, 0) is 57.8 Å². The van der Waals surface area contributed by atoms with E-state index in [0.29, 0.717) is 6.42 Å². The van der Waals surface area contributed by atoms with Crippen molar-refractivity contribution in [1.29, 1.82) is 0 Å². The molecule has 366 valence electrons. The summed E-state index contributed by atoms with van der Waals surface area (Å²) in [5, 5.41) is 0. The summed E-state index contributed by atoms with van der Waals surface area (Å²) in [5.74, 6) is -0.824. The fourth-order valence-corrected chi connectivity index (χ4v) is 7.90. The van der Waals surface area contributed by atoms with Crippen molar-refractivity contribution >= 4 is 19.8 Å². The van der Waals surface area contributed by atoms with Crippen molar-refractivity contribution in [2.24, 2.45) is 5.73 Å². The molecule has 2 atom stereocenters. The highest BCUT2D eigenvalue weighted by atomic mass is 31.2. The number of esters is 2. The third kappa shape index (κ3) is 49.0. The van der Waals surface area contributed by atoms with Crippen molar-refractivity contribution in [2.45, 2.75) is 238 Å². The number of unbranched alkanes of at least 4 members (excludes halogenated alkanes) is 25. The van der Waals surface area contributed by atoms with Crippen molar-refractivity contribution in [3.63, 3.8) is 0 Å². The van der Waals surface area contributed by atoms with Gasteiger partial charge in [0, 0.05) is 19.4 Å². The van der Waals surface area contributed by atoms with E-state index in [4.69, 9.17) is 24.3 Å². The van der Waals surface area contributed by atoms with Crippen LogP contribution in [0.2, 0.25) is 0 Å². The van der Waals surface area contributed by atoms with Crippen LogP contribution in [0.5, 0.6) is 0 Å². The lowest BCUT2D eigenvalue weighted by atomic mass is 10.0. The van der Waals surface area contributed by atoms with Gasteiger partial charge in [-0.15, -0.1) is 0 Å². The monoisotopic (exact) mass is 906 g/mol. The van der Waals surface area contributed by atoms with Crippen molar-refractivity contribution in [3.8, 4) is 0 Å². The van der Waals surface area contributed by atoms with Gasteiger partial charge in [-0.1, -0.05) is 222 Å². The minimum atomic E-state index is -4.38. The standard InChI is InChI=1S/C53H96NO8P/c1-3-5-7-9-11-13-15-17-18-19-20-21-22-23-24-25-26-27-28-29-30-31-32-34-36-38-40-42-44-46-53(56)62-51(50-61-63(57,58)60-48-47-54)49-59-52(55)45-43-41-39-37-35-33-16-14-12-10-8-6-4-2/h5,7,11,13,17-18,20-21,23-24,51H,3-4,6,8-10,12,14-16,19,22,25-50,54H2,1-2H3,(H,57,58)/b7-5-,13-11-,18-17-,21-20-,24-23-. The molecular weight excluding hydrogens is 810 g/mol. The van der Waals surface area contributed by atoms with Crippen molar-refractivity contribution < 1.29 is 37.6 Å². The number of carbonyl (C=O) groups excluding carboxylic acids is 2. The SMILES string of the molecule is CC/C=C\C/C=C\C/C=C\C/C=C\C/C=C\CCCCCCCCCCCCCCCC(=O)OC(COC(=O)CCCCCCCCCCCCCCC)COP(=O)(O)OCCN. The third-order valence-electron chi connectivity index (χ3n) is 10.9. The Labute approximate surface area is 387 Å². The van der Waals surface area contributed by atoms with E-state index in [1.54, 1.807) is 0 Å². The first-order valence-corrected chi connectivity index (χ1v) is 27.3. The largest absolute Gasteiger partial charge is 0.472 e. The highest BCUT2D eigenvalue weighted by Crippen LogP contribution is 2.43. The molecule has 0 aliphatic rings. The summed E-state index contributed by atoms with van der Waals surface area (Å²) in [4.78, 5) is 35.0. The maximum Gasteiger partial charge on any atom is 0.472 e. The van der Waals surface area contributed by atoms with E-state index in [2.05, 4.69) is 74.6 Å². The molecule has 9 nitrogen and oxygen atoms in total. The van der Waals surface area contributed by atoms with E-state index < -0.39 is 26.5 Å². The Morgan fingerprint density at radius 3 is 1.30 bits per heavy atom. The summed E-state index contributed by atoms with van der Waals surface area (Å²) in [6, 6.07) is 0. The zero-order valence-corrected chi connectivity index (χ0v) is 41.4. The predicted octanol–water partition coefficient (Wildman–Crippen LogP) is 15.6. The maximum atomic E-state index is 12.6. The number of rotatable bonds is 48. The molecule has 0 aromatic carbocycles. The van der Waals surface area contributed by atoms with Gasteiger partial charge < -0.3 is 20.1 Å². The minimum Gasteiger partial charge on any atom is -0.462 e. The second-order valence-electron chi connectivity index (χ2n) is 17.0. The lowest BCUT2D eigenvalue weighted by Crippen LogP contribution is -2.29. The van der Waals surface area contributed by atoms with E-state index in [1.165, 1.54) is 128 Å². The number of phosphoric ester groups is 1. The molecule has 0 saturated heterocycles. The van der Waals surface area contributed by atoms with Crippen LogP contribution in [-0.4, -0.2) is 49.3 Å². The second kappa shape index (κ2) is 49.2. The molecule has 0 amide bonds. The first-order chi connectivity index (χ1) is 30.8. The molecule has 10 heteroatoms. The molecule has 0 heterocycles. The molecular formula is C53H96NO8P. The molecule has 2 unspecified atom stereocenters. The summed E-state index contributed by atoms with van der Waals surface area (Å²) < 4.78 is 32.9. The molecule has 0 aliphatic heterocycles. The topological polar surface area (TPSA) is 134 Å². The Hall–Kier alpha value is -2.29. The lowest BCUT2D eigenvalue weighted by Gasteiger charge is -2.19. The van der Waals surface area contributed by atoms with Gasteiger partial charge in [-0.3, -0.25) is 18.6 Å². The average Bonchev–Trinajstić information content (AvgIpc) is 3.27. The molecule has 0 aromatic heterocycles. The van der Waals surface area contributed by atoms with Crippen LogP contribution in [0.15, 0.2) is 60.8 Å². The van der Waals surface area contributed by atoms with Crippen molar-refractivity contribution in [3.05, 3.63) is 60.8 Å². The zero-order valence-electron chi connectivity index (χ0n) is 40.6. The minimum absolute atomic E-state index is 0.0530. The van der Waals surface area contributed by atoms with Crippen LogP contribution >= 0.6 is 7.82 Å². The molecule has 0 aliphatic carbocycles. The third-order valence-corrected chi connectivity index (χ3v) is 11.9. The van der Waals surface area contributed by atoms with E-state index >= 15 is 0 Å². The Morgan fingerprint density at radius 1 is 0.492 bits per heavy atom. The maximum absolute atomic E-state index is 12.6. The molecule has 0 fully saturated rings. The van der Waals surface area contributed by atoms with Crippen LogP contribution in [0.25, 0.3) is 0 Å². The summed E-state index contributed by atoms with van der Waals surface area (Å²) in [7, 11) is -4.38. The quantitative estimate of drug-likeness (QED) is 0.0265. The zero-order chi connectivity index (χ0) is 46.0. The van der Waals surface area contributed by atoms with Crippen LogP contribution < -0.4 is 5.73 Å². The number of hydrogen-bond acceptors (Lipinski definition) is 8. The van der Waals surface area contributed by atoms with Gasteiger partial charge in [-0.25, -0.2) is 4.57 Å². The van der Waals surface area contributed by atoms with Crippen molar-refractivity contribution in [1.82, 2.24) is 0 Å². The van der Waals surface area contributed by atoms with Gasteiger partial charge in [0.25, 0.3) is 0 Å². The Morgan fingerprint density at radius 2 is 0.873 bits per heavy atom. The van der Waals surface area contributed by atoms with Gasteiger partial charge in [0.05, 0.1) is 13.2 Å². The number of allylic oxidation sites excluding steroid dienone is 10. The molecule has 0 radical (unpaired) electrons. The number of nitrogens with two attached hydrogens (primary N) is 1. The first kappa shape index (κ1) is 60.7. The molecule has 0 saturated carbocycles. The average molecular weight is 906 g/mol. The molecule has 0 rings (SSSR count).